The van der Waals surface area contributed by atoms with Crippen molar-refractivity contribution in [1.82, 2.24) is 9.88 Å². The summed E-state index contributed by atoms with van der Waals surface area (Å²) in [6.45, 7) is 1.04. The Morgan fingerprint density at radius 1 is 1.60 bits per heavy atom. The van der Waals surface area contributed by atoms with Crippen LogP contribution in [0.3, 0.4) is 0 Å². The van der Waals surface area contributed by atoms with Crippen LogP contribution < -0.4 is 0 Å². The molecule has 80 valence electrons. The van der Waals surface area contributed by atoms with E-state index in [0.29, 0.717) is 25.1 Å². The number of nitrogens with zero attached hydrogens (tertiary/aromatic N) is 2. The minimum Gasteiger partial charge on any atom is -0.391 e. The number of pyridine rings is 1. The van der Waals surface area contributed by atoms with Crippen molar-refractivity contribution < 1.29 is 9.90 Å². The molecule has 0 saturated carbocycles. The summed E-state index contributed by atoms with van der Waals surface area (Å²) in [5.41, 5.74) is 0.554. The van der Waals surface area contributed by atoms with Gasteiger partial charge in [-0.1, -0.05) is 0 Å². The largest absolute Gasteiger partial charge is 0.391 e. The van der Waals surface area contributed by atoms with E-state index >= 15 is 0 Å². The lowest BCUT2D eigenvalue weighted by Gasteiger charge is -2.15. The Morgan fingerprint density at radius 2 is 2.40 bits per heavy atom. The molecule has 0 radical (unpaired) electrons. The van der Waals surface area contributed by atoms with Crippen LogP contribution in [-0.4, -0.2) is 40.1 Å². The van der Waals surface area contributed by atoms with Gasteiger partial charge < -0.3 is 10.0 Å². The van der Waals surface area contributed by atoms with Gasteiger partial charge in [0.2, 0.25) is 0 Å². The lowest BCUT2D eigenvalue weighted by Crippen LogP contribution is -2.29. The Balaban J connectivity index is 2.14. The van der Waals surface area contributed by atoms with E-state index in [1.807, 2.05) is 0 Å². The molecule has 0 aliphatic carbocycles. The zero-order valence-electron chi connectivity index (χ0n) is 8.06. The third kappa shape index (κ3) is 2.35. The highest BCUT2D eigenvalue weighted by Gasteiger charge is 2.25. The van der Waals surface area contributed by atoms with Gasteiger partial charge in [-0.2, -0.15) is 0 Å². The molecule has 1 N–H and O–H groups in total. The predicted molar refractivity (Wildman–Crippen MR) is 58.5 cm³/mol. The number of carbonyl (C=O) groups is 1. The van der Waals surface area contributed by atoms with Crippen molar-refractivity contribution in [2.45, 2.75) is 12.5 Å². The van der Waals surface area contributed by atoms with Crippen molar-refractivity contribution in [2.75, 3.05) is 13.1 Å². The number of hydrogen-bond donors (Lipinski definition) is 1. The van der Waals surface area contributed by atoms with E-state index in [1.54, 1.807) is 17.2 Å². The summed E-state index contributed by atoms with van der Waals surface area (Å²) in [4.78, 5) is 17.5. The fourth-order valence-electron chi connectivity index (χ4n) is 1.64. The van der Waals surface area contributed by atoms with Gasteiger partial charge in [-0.15, -0.1) is 0 Å². The second kappa shape index (κ2) is 4.28. The zero-order valence-corrected chi connectivity index (χ0v) is 9.64. The Kier molecular flexibility index (Phi) is 3.02. The normalized spacial score (nSPS) is 20.7. The molecule has 1 aliphatic heterocycles. The fraction of sp³-hybridized carbons (Fsp3) is 0.400. The van der Waals surface area contributed by atoms with Gasteiger partial charge in [-0.25, -0.2) is 0 Å². The molecule has 15 heavy (non-hydrogen) atoms. The number of likely N-dealkylation sites (tertiary alicyclic amines) is 1. The number of halogens is 1. The molecule has 4 nitrogen and oxygen atoms in total. The first-order valence-corrected chi connectivity index (χ1v) is 5.54. The van der Waals surface area contributed by atoms with Crippen LogP contribution in [0.15, 0.2) is 22.9 Å². The van der Waals surface area contributed by atoms with Crippen LogP contribution in [0.5, 0.6) is 0 Å². The summed E-state index contributed by atoms with van der Waals surface area (Å²) in [5, 5.41) is 9.33. The lowest BCUT2D eigenvalue weighted by molar-refractivity contribution is 0.0764. The van der Waals surface area contributed by atoms with Crippen LogP contribution in [0.1, 0.15) is 16.8 Å². The molecule has 1 atom stereocenters. The zero-order chi connectivity index (χ0) is 10.8. The molecule has 1 aromatic heterocycles. The first kappa shape index (κ1) is 10.6. The Bertz CT molecular complexity index is 383. The maximum absolute atomic E-state index is 11.9. The Labute approximate surface area is 96.1 Å². The first-order chi connectivity index (χ1) is 7.16. The third-order valence-corrected chi connectivity index (χ3v) is 2.84. The summed E-state index contributed by atoms with van der Waals surface area (Å²) in [5.74, 6) is -0.0691. The maximum Gasteiger partial charge on any atom is 0.255 e. The van der Waals surface area contributed by atoms with Gasteiger partial charge in [-0.05, 0) is 28.4 Å². The second-order valence-electron chi connectivity index (χ2n) is 3.59. The van der Waals surface area contributed by atoms with E-state index in [2.05, 4.69) is 20.9 Å². The second-order valence-corrected chi connectivity index (χ2v) is 4.50. The molecule has 0 unspecified atom stereocenters. The SMILES string of the molecule is O=C(c1cncc(Br)c1)N1CC[C@@H](O)C1. The minimum atomic E-state index is -0.380. The molecule has 2 heterocycles. The monoisotopic (exact) mass is 270 g/mol. The van der Waals surface area contributed by atoms with E-state index in [9.17, 15) is 9.90 Å². The van der Waals surface area contributed by atoms with Crippen LogP contribution in [0.4, 0.5) is 0 Å². The van der Waals surface area contributed by atoms with Crippen LogP contribution >= 0.6 is 15.9 Å². The summed E-state index contributed by atoms with van der Waals surface area (Å²) in [6, 6.07) is 1.74. The first-order valence-electron chi connectivity index (χ1n) is 4.74. The minimum absolute atomic E-state index is 0.0691. The highest BCUT2D eigenvalue weighted by Crippen LogP contribution is 2.15. The topological polar surface area (TPSA) is 53.4 Å². The number of hydrogen-bond acceptors (Lipinski definition) is 3. The van der Waals surface area contributed by atoms with Crippen LogP contribution in [0, 0.1) is 0 Å². The molecular formula is C10H11BrN2O2. The van der Waals surface area contributed by atoms with Gasteiger partial charge in [0.1, 0.15) is 0 Å². The quantitative estimate of drug-likeness (QED) is 0.830. The van der Waals surface area contributed by atoms with Gasteiger partial charge in [0, 0.05) is 30.0 Å². The molecule has 1 saturated heterocycles. The van der Waals surface area contributed by atoms with Crippen molar-refractivity contribution in [3.63, 3.8) is 0 Å². The number of aromatic nitrogens is 1. The molecule has 0 aromatic carbocycles. The van der Waals surface area contributed by atoms with E-state index in [-0.39, 0.29) is 12.0 Å². The number of carbonyl (C=O) groups excluding carboxylic acids is 1. The van der Waals surface area contributed by atoms with Crippen molar-refractivity contribution in [1.29, 1.82) is 0 Å². The van der Waals surface area contributed by atoms with Crippen LogP contribution in [0.25, 0.3) is 0 Å². The highest BCUT2D eigenvalue weighted by molar-refractivity contribution is 9.10. The average molecular weight is 271 g/mol. The van der Waals surface area contributed by atoms with Crippen molar-refractivity contribution in [3.05, 3.63) is 28.5 Å². The summed E-state index contributed by atoms with van der Waals surface area (Å²) in [7, 11) is 0. The number of amides is 1. The molecule has 1 aromatic rings. The van der Waals surface area contributed by atoms with Gasteiger partial charge in [0.05, 0.1) is 11.7 Å². The van der Waals surface area contributed by atoms with E-state index in [4.69, 9.17) is 0 Å². The van der Waals surface area contributed by atoms with Crippen molar-refractivity contribution in [3.8, 4) is 0 Å². The molecule has 0 spiro atoms. The van der Waals surface area contributed by atoms with Gasteiger partial charge in [0.25, 0.3) is 5.91 Å². The average Bonchev–Trinajstić information content (AvgIpc) is 2.64. The third-order valence-electron chi connectivity index (χ3n) is 2.40. The molecule has 1 amide bonds. The molecule has 1 aliphatic rings. The molecule has 5 heteroatoms. The van der Waals surface area contributed by atoms with E-state index in [0.717, 1.165) is 4.47 Å². The molecule has 2 rings (SSSR count). The van der Waals surface area contributed by atoms with Crippen molar-refractivity contribution >= 4 is 21.8 Å². The summed E-state index contributed by atoms with van der Waals surface area (Å²) >= 11 is 3.27. The lowest BCUT2D eigenvalue weighted by atomic mass is 10.2. The summed E-state index contributed by atoms with van der Waals surface area (Å²) in [6.07, 6.45) is 3.45. The smallest absolute Gasteiger partial charge is 0.255 e. The van der Waals surface area contributed by atoms with Crippen molar-refractivity contribution in [2.24, 2.45) is 0 Å². The number of β-amino-alcohol motifs (C(OH)–C–C–N with tert-alkyl or cyclic N) is 1. The van der Waals surface area contributed by atoms with Crippen LogP contribution in [0.2, 0.25) is 0 Å². The van der Waals surface area contributed by atoms with Gasteiger partial charge >= 0.3 is 0 Å². The highest BCUT2D eigenvalue weighted by atomic mass is 79.9. The summed E-state index contributed by atoms with van der Waals surface area (Å²) < 4.78 is 0.785. The van der Waals surface area contributed by atoms with Gasteiger partial charge in [0.15, 0.2) is 0 Å². The molecular weight excluding hydrogens is 260 g/mol. The fourth-order valence-corrected chi connectivity index (χ4v) is 2.00. The Morgan fingerprint density at radius 3 is 3.00 bits per heavy atom. The molecule has 0 bridgehead atoms. The van der Waals surface area contributed by atoms with Gasteiger partial charge in [-0.3, -0.25) is 9.78 Å². The van der Waals surface area contributed by atoms with E-state index in [1.165, 1.54) is 6.20 Å². The number of aliphatic hydroxyl groups is 1. The number of rotatable bonds is 1. The van der Waals surface area contributed by atoms with E-state index < -0.39 is 0 Å². The Hall–Kier alpha value is -0.940. The number of aliphatic hydroxyl groups excluding tert-OH is 1. The maximum atomic E-state index is 11.9. The molecule has 1 fully saturated rings. The standard InChI is InChI=1S/C10H11BrN2O2/c11-8-3-7(4-12-5-8)10(15)13-2-1-9(14)6-13/h3-5,9,14H,1-2,6H2/t9-/m1/s1. The van der Waals surface area contributed by atoms with Crippen LogP contribution in [-0.2, 0) is 0 Å². The predicted octanol–water partition coefficient (Wildman–Crippen LogP) is 1.05.